The molecule has 0 aliphatic rings. The van der Waals surface area contributed by atoms with Gasteiger partial charge >= 0.3 is 0 Å². The molecule has 3 rings (SSSR count). The van der Waals surface area contributed by atoms with Crippen molar-refractivity contribution in [1.29, 1.82) is 0 Å². The van der Waals surface area contributed by atoms with Crippen LogP contribution in [0.5, 0.6) is 0 Å². The molecular weight excluding hydrogens is 296 g/mol. The second-order valence-corrected chi connectivity index (χ2v) is 5.91. The molecule has 0 aliphatic carbocycles. The third kappa shape index (κ3) is 3.01. The fourth-order valence-electron chi connectivity index (χ4n) is 2.69. The summed E-state index contributed by atoms with van der Waals surface area (Å²) in [4.78, 5) is 4.63. The second-order valence-electron chi connectivity index (χ2n) is 5.48. The predicted octanol–water partition coefficient (Wildman–Crippen LogP) is 4.57. The number of benzene rings is 2. The van der Waals surface area contributed by atoms with Crippen LogP contribution in [0.25, 0.3) is 11.0 Å². The number of nitrogens with zero attached hydrogens (tertiary/aromatic N) is 2. The van der Waals surface area contributed by atoms with Gasteiger partial charge in [0.15, 0.2) is 0 Å². The Bertz CT molecular complexity index is 764. The van der Waals surface area contributed by atoms with E-state index in [-0.39, 0.29) is 0 Å². The van der Waals surface area contributed by atoms with Crippen LogP contribution in [0.4, 0.5) is 0 Å². The number of fused-ring (bicyclic) bond motifs is 1. The highest BCUT2D eigenvalue weighted by Crippen LogP contribution is 2.25. The van der Waals surface area contributed by atoms with Gasteiger partial charge in [-0.25, -0.2) is 4.98 Å². The van der Waals surface area contributed by atoms with Gasteiger partial charge in [-0.2, -0.15) is 0 Å². The number of imidazole rings is 1. The zero-order valence-corrected chi connectivity index (χ0v) is 13.3. The number of aliphatic hydroxyl groups is 1. The fraction of sp³-hybridized carbons (Fsp3) is 0.278. The molecule has 1 aromatic heterocycles. The summed E-state index contributed by atoms with van der Waals surface area (Å²) in [5.74, 6) is 0.734. The summed E-state index contributed by atoms with van der Waals surface area (Å²) in [5.41, 5.74) is 3.10. The monoisotopic (exact) mass is 314 g/mol. The molecule has 0 amide bonds. The van der Waals surface area contributed by atoms with Crippen LogP contribution in [0.15, 0.2) is 48.5 Å². The first-order chi connectivity index (χ1) is 10.7. The zero-order valence-electron chi connectivity index (χ0n) is 12.5. The molecule has 2 aromatic carbocycles. The lowest BCUT2D eigenvalue weighted by Gasteiger charge is -2.13. The Morgan fingerprint density at radius 1 is 1.14 bits per heavy atom. The highest BCUT2D eigenvalue weighted by Gasteiger charge is 2.17. The van der Waals surface area contributed by atoms with Crippen LogP contribution in [-0.2, 0) is 6.54 Å². The van der Waals surface area contributed by atoms with E-state index in [1.165, 1.54) is 0 Å². The standard InChI is InChI=1S/C18H19ClN2O/c1-2-5-17(22)18-20-15-6-3-4-7-16(15)21(18)12-13-8-10-14(19)11-9-13/h3-4,6-11,17,22H,2,5,12H2,1H3/t17-/m0/s1. The summed E-state index contributed by atoms with van der Waals surface area (Å²) in [5, 5.41) is 11.1. The smallest absolute Gasteiger partial charge is 0.139 e. The van der Waals surface area contributed by atoms with E-state index in [0.29, 0.717) is 13.0 Å². The number of hydrogen-bond acceptors (Lipinski definition) is 2. The highest BCUT2D eigenvalue weighted by atomic mass is 35.5. The van der Waals surface area contributed by atoms with E-state index >= 15 is 0 Å². The van der Waals surface area contributed by atoms with Crippen LogP contribution < -0.4 is 0 Å². The van der Waals surface area contributed by atoms with E-state index in [1.54, 1.807) is 0 Å². The molecule has 0 saturated carbocycles. The maximum atomic E-state index is 10.4. The van der Waals surface area contributed by atoms with Crippen molar-refractivity contribution in [2.45, 2.75) is 32.4 Å². The van der Waals surface area contributed by atoms with Crippen molar-refractivity contribution in [3.63, 3.8) is 0 Å². The summed E-state index contributed by atoms with van der Waals surface area (Å²) in [6, 6.07) is 15.8. The van der Waals surface area contributed by atoms with Crippen LogP contribution in [-0.4, -0.2) is 14.7 Å². The lowest BCUT2D eigenvalue weighted by molar-refractivity contribution is 0.153. The van der Waals surface area contributed by atoms with E-state index in [2.05, 4.69) is 16.5 Å². The molecule has 0 bridgehead atoms. The maximum Gasteiger partial charge on any atom is 0.139 e. The normalized spacial score (nSPS) is 12.7. The van der Waals surface area contributed by atoms with Gasteiger partial charge in [-0.15, -0.1) is 0 Å². The number of para-hydroxylation sites is 2. The van der Waals surface area contributed by atoms with Gasteiger partial charge in [-0.05, 0) is 36.2 Å². The summed E-state index contributed by atoms with van der Waals surface area (Å²) in [7, 11) is 0. The first-order valence-corrected chi connectivity index (χ1v) is 7.94. The van der Waals surface area contributed by atoms with Gasteiger partial charge in [0.1, 0.15) is 11.9 Å². The Morgan fingerprint density at radius 2 is 1.86 bits per heavy atom. The van der Waals surface area contributed by atoms with Crippen molar-refractivity contribution in [3.05, 3.63) is 64.9 Å². The summed E-state index contributed by atoms with van der Waals surface area (Å²) >= 11 is 5.95. The molecule has 0 saturated heterocycles. The van der Waals surface area contributed by atoms with E-state index in [4.69, 9.17) is 11.6 Å². The Hall–Kier alpha value is -1.84. The first-order valence-electron chi connectivity index (χ1n) is 7.56. The molecule has 0 unspecified atom stereocenters. The number of aliphatic hydroxyl groups excluding tert-OH is 1. The quantitative estimate of drug-likeness (QED) is 0.749. The van der Waals surface area contributed by atoms with Crippen LogP contribution in [0.2, 0.25) is 5.02 Å². The molecular formula is C18H19ClN2O. The van der Waals surface area contributed by atoms with Crippen molar-refractivity contribution >= 4 is 22.6 Å². The number of rotatable bonds is 5. The first kappa shape index (κ1) is 15.1. The maximum absolute atomic E-state index is 10.4. The van der Waals surface area contributed by atoms with Crippen molar-refractivity contribution in [1.82, 2.24) is 9.55 Å². The molecule has 1 heterocycles. The zero-order chi connectivity index (χ0) is 15.5. The van der Waals surface area contributed by atoms with Gasteiger partial charge in [0, 0.05) is 11.6 Å². The highest BCUT2D eigenvalue weighted by molar-refractivity contribution is 6.30. The summed E-state index contributed by atoms with van der Waals surface area (Å²) < 4.78 is 2.10. The largest absolute Gasteiger partial charge is 0.385 e. The minimum absolute atomic E-state index is 0.537. The summed E-state index contributed by atoms with van der Waals surface area (Å²) in [6.07, 6.45) is 1.10. The molecule has 3 nitrogen and oxygen atoms in total. The Balaban J connectivity index is 2.05. The predicted molar refractivity (Wildman–Crippen MR) is 90.2 cm³/mol. The average Bonchev–Trinajstić information content (AvgIpc) is 2.89. The number of halogens is 1. The van der Waals surface area contributed by atoms with Crippen molar-refractivity contribution in [2.24, 2.45) is 0 Å². The molecule has 3 aromatic rings. The average molecular weight is 315 g/mol. The molecule has 0 aliphatic heterocycles. The Labute approximate surface area is 135 Å². The van der Waals surface area contributed by atoms with E-state index in [1.807, 2.05) is 48.5 Å². The Morgan fingerprint density at radius 3 is 2.59 bits per heavy atom. The molecule has 0 spiro atoms. The molecule has 4 heteroatoms. The van der Waals surface area contributed by atoms with Crippen LogP contribution in [0.1, 0.15) is 37.3 Å². The second kappa shape index (κ2) is 6.51. The van der Waals surface area contributed by atoms with Crippen molar-refractivity contribution in [3.8, 4) is 0 Å². The molecule has 0 fully saturated rings. The topological polar surface area (TPSA) is 38.1 Å². The molecule has 0 radical (unpaired) electrons. The lowest BCUT2D eigenvalue weighted by atomic mass is 10.2. The van der Waals surface area contributed by atoms with Gasteiger partial charge in [0.2, 0.25) is 0 Å². The third-order valence-corrected chi connectivity index (χ3v) is 4.05. The third-order valence-electron chi connectivity index (χ3n) is 3.80. The lowest BCUT2D eigenvalue weighted by Crippen LogP contribution is -2.10. The van der Waals surface area contributed by atoms with E-state index in [0.717, 1.165) is 33.9 Å². The van der Waals surface area contributed by atoms with Crippen LogP contribution >= 0.6 is 11.6 Å². The number of hydrogen-bond donors (Lipinski definition) is 1. The van der Waals surface area contributed by atoms with E-state index < -0.39 is 6.10 Å². The molecule has 114 valence electrons. The SMILES string of the molecule is CCC[C@H](O)c1nc2ccccc2n1Cc1ccc(Cl)cc1. The Kier molecular flexibility index (Phi) is 4.46. The van der Waals surface area contributed by atoms with Gasteiger partial charge in [-0.1, -0.05) is 49.2 Å². The van der Waals surface area contributed by atoms with Gasteiger partial charge in [0.05, 0.1) is 11.0 Å². The van der Waals surface area contributed by atoms with Crippen molar-refractivity contribution in [2.75, 3.05) is 0 Å². The van der Waals surface area contributed by atoms with E-state index in [9.17, 15) is 5.11 Å². The van der Waals surface area contributed by atoms with Gasteiger partial charge in [0.25, 0.3) is 0 Å². The fourth-order valence-corrected chi connectivity index (χ4v) is 2.82. The molecule has 1 atom stereocenters. The van der Waals surface area contributed by atoms with Crippen molar-refractivity contribution < 1.29 is 5.11 Å². The molecule has 22 heavy (non-hydrogen) atoms. The van der Waals surface area contributed by atoms with Crippen LogP contribution in [0.3, 0.4) is 0 Å². The van der Waals surface area contributed by atoms with Crippen LogP contribution in [0, 0.1) is 0 Å². The number of aromatic nitrogens is 2. The van der Waals surface area contributed by atoms with Gasteiger partial charge in [-0.3, -0.25) is 0 Å². The minimum Gasteiger partial charge on any atom is -0.385 e. The minimum atomic E-state index is -0.537. The molecule has 1 N–H and O–H groups in total. The van der Waals surface area contributed by atoms with Gasteiger partial charge < -0.3 is 9.67 Å². The summed E-state index contributed by atoms with van der Waals surface area (Å²) in [6.45, 7) is 2.74.